The fraction of sp³-hybridized carbons (Fsp3) is 0.429. The van der Waals surface area contributed by atoms with Gasteiger partial charge in [0.1, 0.15) is 0 Å². The highest BCUT2D eigenvalue weighted by molar-refractivity contribution is 5.95. The molecule has 112 valence electrons. The molecular weight excluding hydrogens is 270 g/mol. The summed E-state index contributed by atoms with van der Waals surface area (Å²) >= 11 is 0. The molecule has 0 unspecified atom stereocenters. The van der Waals surface area contributed by atoms with Crippen molar-refractivity contribution < 1.29 is 4.79 Å². The highest BCUT2D eigenvalue weighted by atomic mass is 16.1. The van der Waals surface area contributed by atoms with Gasteiger partial charge in [-0.1, -0.05) is 13.8 Å². The molecule has 21 heavy (non-hydrogen) atoms. The third-order valence-electron chi connectivity index (χ3n) is 3.32. The Labute approximate surface area is 122 Å². The first-order chi connectivity index (χ1) is 10.1. The quantitative estimate of drug-likeness (QED) is 0.860. The molecule has 2 aromatic heterocycles. The monoisotopic (exact) mass is 289 g/mol. The molecule has 2 rings (SSSR count). The van der Waals surface area contributed by atoms with Crippen molar-refractivity contribution in [3.05, 3.63) is 39.9 Å². The molecule has 7 heteroatoms. The molecule has 0 saturated carbocycles. The topological polar surface area (TPSA) is 92.7 Å². The summed E-state index contributed by atoms with van der Waals surface area (Å²) in [4.78, 5) is 23.3. The number of aromatic amines is 1. The second kappa shape index (κ2) is 6.34. The van der Waals surface area contributed by atoms with Crippen LogP contribution >= 0.6 is 0 Å². The Balaban J connectivity index is 2.36. The molecule has 1 atom stereocenters. The number of nitrogens with one attached hydrogen (secondary N) is 2. The summed E-state index contributed by atoms with van der Waals surface area (Å²) in [5.41, 5.74) is 1.01. The Kier molecular flexibility index (Phi) is 4.52. The van der Waals surface area contributed by atoms with E-state index in [1.807, 2.05) is 20.8 Å². The minimum absolute atomic E-state index is 0.108. The molecule has 0 bridgehead atoms. The first kappa shape index (κ1) is 15.0. The number of nitrogens with zero attached hydrogens (tertiary/aromatic N) is 3. The van der Waals surface area contributed by atoms with Gasteiger partial charge in [0.15, 0.2) is 5.82 Å². The van der Waals surface area contributed by atoms with Crippen LogP contribution in [0.2, 0.25) is 0 Å². The largest absolute Gasteiger partial charge is 0.349 e. The number of H-pyrrole nitrogens is 1. The summed E-state index contributed by atoms with van der Waals surface area (Å²) in [6.07, 6.45) is 3.02. The van der Waals surface area contributed by atoms with E-state index in [1.165, 1.54) is 12.3 Å². The molecule has 2 heterocycles. The Hall–Kier alpha value is -2.44. The van der Waals surface area contributed by atoms with Crippen molar-refractivity contribution in [1.29, 1.82) is 0 Å². The number of carbonyl (C=O) groups is 1. The number of rotatable bonds is 5. The fourth-order valence-electron chi connectivity index (χ4n) is 1.96. The van der Waals surface area contributed by atoms with E-state index in [0.29, 0.717) is 17.8 Å². The molecule has 2 N–H and O–H groups in total. The molecule has 0 spiro atoms. The van der Waals surface area contributed by atoms with Crippen molar-refractivity contribution in [2.45, 2.75) is 39.7 Å². The van der Waals surface area contributed by atoms with E-state index in [0.717, 1.165) is 12.1 Å². The molecule has 2 aromatic rings. The minimum Gasteiger partial charge on any atom is -0.349 e. The van der Waals surface area contributed by atoms with Gasteiger partial charge in [0.25, 0.3) is 11.5 Å². The van der Waals surface area contributed by atoms with Crippen LogP contribution in [0.4, 0.5) is 0 Å². The van der Waals surface area contributed by atoms with Crippen LogP contribution in [0.15, 0.2) is 23.1 Å². The lowest BCUT2D eigenvalue weighted by molar-refractivity contribution is 0.0938. The first-order valence-corrected chi connectivity index (χ1v) is 7.00. The zero-order chi connectivity index (χ0) is 15.4. The molecule has 7 nitrogen and oxygen atoms in total. The molecule has 0 saturated heterocycles. The Morgan fingerprint density at radius 2 is 2.19 bits per heavy atom. The number of hydrogen-bond donors (Lipinski definition) is 2. The highest BCUT2D eigenvalue weighted by Gasteiger charge is 2.18. The summed E-state index contributed by atoms with van der Waals surface area (Å²) in [5.74, 6) is 0.339. The SMILES string of the molecule is CCc1c(C(=O)N[C@@H](C)CC)cnn1-c1ccc(=O)[nH]n1. The molecule has 0 aliphatic rings. The van der Waals surface area contributed by atoms with E-state index in [-0.39, 0.29) is 17.5 Å². The second-order valence-corrected chi connectivity index (χ2v) is 4.83. The maximum Gasteiger partial charge on any atom is 0.264 e. The van der Waals surface area contributed by atoms with Crippen molar-refractivity contribution >= 4 is 5.91 Å². The molecule has 0 aliphatic heterocycles. The lowest BCUT2D eigenvalue weighted by Gasteiger charge is -2.11. The Morgan fingerprint density at radius 1 is 1.43 bits per heavy atom. The summed E-state index contributed by atoms with van der Waals surface area (Å²) in [5, 5.41) is 13.4. The number of hydrogen-bond acceptors (Lipinski definition) is 4. The van der Waals surface area contributed by atoms with Crippen LogP contribution in [-0.2, 0) is 6.42 Å². The van der Waals surface area contributed by atoms with Gasteiger partial charge in [-0.25, -0.2) is 9.78 Å². The maximum atomic E-state index is 12.2. The van der Waals surface area contributed by atoms with Gasteiger partial charge in [0.05, 0.1) is 17.5 Å². The van der Waals surface area contributed by atoms with Crippen LogP contribution in [-0.4, -0.2) is 31.9 Å². The zero-order valence-corrected chi connectivity index (χ0v) is 12.4. The lowest BCUT2D eigenvalue weighted by Crippen LogP contribution is -2.32. The summed E-state index contributed by atoms with van der Waals surface area (Å²) < 4.78 is 1.57. The van der Waals surface area contributed by atoms with Gasteiger partial charge in [-0.05, 0) is 25.8 Å². The van der Waals surface area contributed by atoms with E-state index in [9.17, 15) is 9.59 Å². The summed E-state index contributed by atoms with van der Waals surface area (Å²) in [6.45, 7) is 5.91. The van der Waals surface area contributed by atoms with Crippen LogP contribution in [0, 0.1) is 0 Å². The van der Waals surface area contributed by atoms with Gasteiger partial charge in [-0.15, -0.1) is 0 Å². The normalized spacial score (nSPS) is 12.1. The van der Waals surface area contributed by atoms with Crippen molar-refractivity contribution in [1.82, 2.24) is 25.3 Å². The Morgan fingerprint density at radius 3 is 2.76 bits per heavy atom. The van der Waals surface area contributed by atoms with E-state index in [2.05, 4.69) is 20.6 Å². The van der Waals surface area contributed by atoms with Gasteiger partial charge >= 0.3 is 0 Å². The van der Waals surface area contributed by atoms with Gasteiger partial charge in [-0.2, -0.15) is 10.2 Å². The van der Waals surface area contributed by atoms with E-state index >= 15 is 0 Å². The van der Waals surface area contributed by atoms with Crippen LogP contribution < -0.4 is 10.9 Å². The van der Waals surface area contributed by atoms with Gasteiger partial charge in [-0.3, -0.25) is 9.59 Å². The molecule has 0 radical (unpaired) electrons. The molecule has 0 aromatic carbocycles. The molecule has 1 amide bonds. The maximum absolute atomic E-state index is 12.2. The van der Waals surface area contributed by atoms with Crippen molar-refractivity contribution in [3.8, 4) is 5.82 Å². The number of carbonyl (C=O) groups excluding carboxylic acids is 1. The van der Waals surface area contributed by atoms with E-state index in [1.54, 1.807) is 10.7 Å². The number of aromatic nitrogens is 4. The zero-order valence-electron chi connectivity index (χ0n) is 12.4. The average Bonchev–Trinajstić information content (AvgIpc) is 2.91. The first-order valence-electron chi connectivity index (χ1n) is 7.00. The molecule has 0 aliphatic carbocycles. The lowest BCUT2D eigenvalue weighted by atomic mass is 10.1. The van der Waals surface area contributed by atoms with Crippen molar-refractivity contribution in [2.75, 3.05) is 0 Å². The molecular formula is C14H19N5O2. The predicted molar refractivity (Wildman–Crippen MR) is 78.6 cm³/mol. The summed E-state index contributed by atoms with van der Waals surface area (Å²) in [7, 11) is 0. The highest BCUT2D eigenvalue weighted by Crippen LogP contribution is 2.13. The van der Waals surface area contributed by atoms with Crippen molar-refractivity contribution in [2.24, 2.45) is 0 Å². The van der Waals surface area contributed by atoms with Crippen molar-refractivity contribution in [3.63, 3.8) is 0 Å². The number of amides is 1. The fourth-order valence-corrected chi connectivity index (χ4v) is 1.96. The third-order valence-corrected chi connectivity index (χ3v) is 3.32. The van der Waals surface area contributed by atoms with E-state index in [4.69, 9.17) is 0 Å². The van der Waals surface area contributed by atoms with Gasteiger partial charge in [0.2, 0.25) is 0 Å². The van der Waals surface area contributed by atoms with Gasteiger partial charge < -0.3 is 5.32 Å². The smallest absolute Gasteiger partial charge is 0.264 e. The predicted octanol–water partition coefficient (Wildman–Crippen LogP) is 1.05. The second-order valence-electron chi connectivity index (χ2n) is 4.83. The standard InChI is InChI=1S/C14H19N5O2/c1-4-9(3)16-14(21)10-8-15-19(11(10)5-2)12-6-7-13(20)18-17-12/h6-9H,4-5H2,1-3H3,(H,16,21)(H,18,20)/t9-/m0/s1. The van der Waals surface area contributed by atoms with Gasteiger partial charge in [0, 0.05) is 12.1 Å². The van der Waals surface area contributed by atoms with Crippen LogP contribution in [0.1, 0.15) is 43.2 Å². The van der Waals surface area contributed by atoms with Crippen LogP contribution in [0.25, 0.3) is 5.82 Å². The minimum atomic E-state index is -0.279. The Bertz CT molecular complexity index is 668. The average molecular weight is 289 g/mol. The van der Waals surface area contributed by atoms with Crippen LogP contribution in [0.5, 0.6) is 0 Å². The van der Waals surface area contributed by atoms with E-state index < -0.39 is 0 Å². The summed E-state index contributed by atoms with van der Waals surface area (Å²) in [6, 6.07) is 3.06. The molecule has 0 fully saturated rings. The third kappa shape index (κ3) is 3.18. The van der Waals surface area contributed by atoms with Crippen LogP contribution in [0.3, 0.4) is 0 Å².